The molecule has 1 N–H and O–H groups in total. The number of alkyl halides is 2. The minimum atomic E-state index is -2.86. The monoisotopic (exact) mass is 414 g/mol. The second-order valence-electron chi connectivity index (χ2n) is 6.48. The molecular formula is C19H15ClF4N2O2. The van der Waals surface area contributed by atoms with Crippen LogP contribution in [0.25, 0.3) is 0 Å². The lowest BCUT2D eigenvalue weighted by molar-refractivity contribution is -0.131. The first-order valence-corrected chi connectivity index (χ1v) is 8.71. The molecule has 1 saturated carbocycles. The van der Waals surface area contributed by atoms with Crippen molar-refractivity contribution in [3.05, 3.63) is 64.7 Å². The van der Waals surface area contributed by atoms with Crippen molar-refractivity contribution in [2.45, 2.75) is 30.8 Å². The van der Waals surface area contributed by atoms with Gasteiger partial charge in [0.1, 0.15) is 6.04 Å². The Kier molecular flexibility index (Phi) is 5.60. The summed E-state index contributed by atoms with van der Waals surface area (Å²) in [6.45, 7) is 0. The summed E-state index contributed by atoms with van der Waals surface area (Å²) in [6, 6.07) is 6.93. The number of anilines is 1. The van der Waals surface area contributed by atoms with Gasteiger partial charge in [0.25, 0.3) is 5.92 Å². The SMILES string of the molecule is O=CN(c1cccc(F)c1F)[C@H](C(=O)NC1CC(F)(F)C1)c1ccccc1Cl. The molecular weight excluding hydrogens is 400 g/mol. The van der Waals surface area contributed by atoms with Gasteiger partial charge in [-0.15, -0.1) is 0 Å². The van der Waals surface area contributed by atoms with Crippen molar-refractivity contribution in [3.63, 3.8) is 0 Å². The highest BCUT2D eigenvalue weighted by atomic mass is 35.5. The predicted molar refractivity (Wildman–Crippen MR) is 95.2 cm³/mol. The van der Waals surface area contributed by atoms with Crippen LogP contribution in [-0.4, -0.2) is 24.3 Å². The van der Waals surface area contributed by atoms with Crippen LogP contribution in [0.5, 0.6) is 0 Å². The quantitative estimate of drug-likeness (QED) is 0.568. The van der Waals surface area contributed by atoms with Crippen LogP contribution in [0.1, 0.15) is 24.4 Å². The number of carbonyl (C=O) groups excluding carboxylic acids is 2. The van der Waals surface area contributed by atoms with Crippen LogP contribution in [0.15, 0.2) is 42.5 Å². The molecule has 0 unspecified atom stereocenters. The number of carbonyl (C=O) groups is 2. The number of amides is 2. The van der Waals surface area contributed by atoms with Gasteiger partial charge < -0.3 is 5.32 Å². The molecule has 1 aliphatic rings. The molecule has 2 aromatic carbocycles. The lowest BCUT2D eigenvalue weighted by atomic mass is 9.87. The highest BCUT2D eigenvalue weighted by Gasteiger charge is 2.47. The third kappa shape index (κ3) is 3.96. The Morgan fingerprint density at radius 3 is 2.46 bits per heavy atom. The van der Waals surface area contributed by atoms with Crippen molar-refractivity contribution in [1.29, 1.82) is 0 Å². The van der Waals surface area contributed by atoms with Crippen LogP contribution in [-0.2, 0) is 9.59 Å². The zero-order valence-electron chi connectivity index (χ0n) is 14.3. The van der Waals surface area contributed by atoms with Crippen molar-refractivity contribution in [2.24, 2.45) is 0 Å². The molecule has 9 heteroatoms. The second-order valence-corrected chi connectivity index (χ2v) is 6.89. The number of hydrogen-bond donors (Lipinski definition) is 1. The lowest BCUT2D eigenvalue weighted by Crippen LogP contribution is -2.53. The standard InChI is InChI=1S/C19H15ClF4N2O2/c20-13-5-2-1-4-12(13)17(18(28)25-11-8-19(23,24)9-11)26(10-27)15-7-3-6-14(21)16(15)22/h1-7,10-11,17H,8-9H2,(H,25,28)/t17-/m0/s1. The number of nitrogens with one attached hydrogen (secondary N) is 1. The van der Waals surface area contributed by atoms with E-state index < -0.39 is 54.1 Å². The van der Waals surface area contributed by atoms with Gasteiger partial charge in [0.15, 0.2) is 11.6 Å². The summed E-state index contributed by atoms with van der Waals surface area (Å²) in [4.78, 5) is 25.3. The molecule has 0 radical (unpaired) electrons. The van der Waals surface area contributed by atoms with Gasteiger partial charge in [-0.2, -0.15) is 0 Å². The Bertz CT molecular complexity index is 901. The molecule has 0 heterocycles. The molecule has 4 nitrogen and oxygen atoms in total. The van der Waals surface area contributed by atoms with E-state index in [0.717, 1.165) is 12.1 Å². The molecule has 0 saturated heterocycles. The van der Waals surface area contributed by atoms with Gasteiger partial charge in [0, 0.05) is 29.5 Å². The first kappa shape index (κ1) is 20.1. The summed E-state index contributed by atoms with van der Waals surface area (Å²) in [5, 5.41) is 2.52. The Balaban J connectivity index is 2.00. The largest absolute Gasteiger partial charge is 0.351 e. The third-order valence-corrected chi connectivity index (χ3v) is 4.83. The molecule has 0 aliphatic heterocycles. The summed E-state index contributed by atoms with van der Waals surface area (Å²) in [7, 11) is 0. The molecule has 148 valence electrons. The van der Waals surface area contributed by atoms with Gasteiger partial charge in [-0.1, -0.05) is 35.9 Å². The Labute approximate surface area is 163 Å². The average Bonchev–Trinajstić information content (AvgIpc) is 2.61. The van der Waals surface area contributed by atoms with Crippen molar-refractivity contribution < 1.29 is 27.2 Å². The van der Waals surface area contributed by atoms with E-state index in [1.807, 2.05) is 0 Å². The third-order valence-electron chi connectivity index (χ3n) is 4.49. The number of benzene rings is 2. The maximum Gasteiger partial charge on any atom is 0.252 e. The molecule has 1 aliphatic carbocycles. The zero-order chi connectivity index (χ0) is 20.5. The van der Waals surface area contributed by atoms with Crippen LogP contribution in [0, 0.1) is 11.6 Å². The Hall–Kier alpha value is -2.61. The first-order valence-electron chi connectivity index (χ1n) is 8.34. The highest BCUT2D eigenvalue weighted by molar-refractivity contribution is 6.31. The maximum atomic E-state index is 14.3. The predicted octanol–water partition coefficient (Wildman–Crippen LogP) is 4.24. The van der Waals surface area contributed by atoms with Gasteiger partial charge >= 0.3 is 0 Å². The van der Waals surface area contributed by atoms with E-state index in [2.05, 4.69) is 5.32 Å². The molecule has 0 bridgehead atoms. The smallest absolute Gasteiger partial charge is 0.252 e. The van der Waals surface area contributed by atoms with E-state index in [1.54, 1.807) is 12.1 Å². The average molecular weight is 415 g/mol. The summed E-state index contributed by atoms with van der Waals surface area (Å²) >= 11 is 6.14. The van der Waals surface area contributed by atoms with Crippen molar-refractivity contribution in [2.75, 3.05) is 4.90 Å². The summed E-state index contributed by atoms with van der Waals surface area (Å²) in [5.41, 5.74) is -0.336. The van der Waals surface area contributed by atoms with Crippen molar-refractivity contribution in [1.82, 2.24) is 5.32 Å². The minimum Gasteiger partial charge on any atom is -0.351 e. The molecule has 1 fully saturated rings. The number of rotatable bonds is 6. The molecule has 0 aromatic heterocycles. The molecule has 2 aromatic rings. The molecule has 0 spiro atoms. The van der Waals surface area contributed by atoms with Gasteiger partial charge in [0.05, 0.1) is 5.69 Å². The Morgan fingerprint density at radius 1 is 1.18 bits per heavy atom. The number of halogens is 5. The van der Waals surface area contributed by atoms with Gasteiger partial charge in [-0.3, -0.25) is 14.5 Å². The highest BCUT2D eigenvalue weighted by Crippen LogP contribution is 2.38. The van der Waals surface area contributed by atoms with E-state index in [4.69, 9.17) is 11.6 Å². The molecule has 1 atom stereocenters. The summed E-state index contributed by atoms with van der Waals surface area (Å²) in [6.07, 6.45) is -0.909. The van der Waals surface area contributed by atoms with Crippen molar-refractivity contribution >= 4 is 29.6 Å². The van der Waals surface area contributed by atoms with E-state index in [1.165, 1.54) is 18.2 Å². The molecule has 2 amide bonds. The van der Waals surface area contributed by atoms with E-state index >= 15 is 0 Å². The van der Waals surface area contributed by atoms with Crippen LogP contribution < -0.4 is 10.2 Å². The summed E-state index contributed by atoms with van der Waals surface area (Å²) in [5.74, 6) is -6.23. The molecule has 28 heavy (non-hydrogen) atoms. The number of nitrogens with zero attached hydrogens (tertiary/aromatic N) is 1. The maximum absolute atomic E-state index is 14.3. The fraction of sp³-hybridized carbons (Fsp3) is 0.263. The van der Waals surface area contributed by atoms with Gasteiger partial charge in [-0.05, 0) is 18.2 Å². The van der Waals surface area contributed by atoms with Crippen LogP contribution in [0.3, 0.4) is 0 Å². The van der Waals surface area contributed by atoms with E-state index in [9.17, 15) is 27.2 Å². The van der Waals surface area contributed by atoms with Gasteiger partial charge in [0.2, 0.25) is 12.3 Å². The van der Waals surface area contributed by atoms with Crippen LogP contribution in [0.2, 0.25) is 5.02 Å². The van der Waals surface area contributed by atoms with Gasteiger partial charge in [-0.25, -0.2) is 17.6 Å². The fourth-order valence-electron chi connectivity index (χ4n) is 3.11. The van der Waals surface area contributed by atoms with E-state index in [0.29, 0.717) is 4.90 Å². The fourth-order valence-corrected chi connectivity index (χ4v) is 3.35. The van der Waals surface area contributed by atoms with Crippen LogP contribution >= 0.6 is 11.6 Å². The Morgan fingerprint density at radius 2 is 1.86 bits per heavy atom. The number of hydrogen-bond acceptors (Lipinski definition) is 2. The lowest BCUT2D eigenvalue weighted by Gasteiger charge is -2.37. The normalized spacial score (nSPS) is 16.8. The minimum absolute atomic E-state index is 0.102. The topological polar surface area (TPSA) is 49.4 Å². The zero-order valence-corrected chi connectivity index (χ0v) is 15.1. The van der Waals surface area contributed by atoms with Crippen LogP contribution in [0.4, 0.5) is 23.2 Å². The second kappa shape index (κ2) is 7.79. The molecule has 3 rings (SSSR count). The summed E-state index contributed by atoms with van der Waals surface area (Å²) < 4.78 is 54.1. The first-order chi connectivity index (χ1) is 13.2. The van der Waals surface area contributed by atoms with E-state index in [-0.39, 0.29) is 17.0 Å². The van der Waals surface area contributed by atoms with Crippen molar-refractivity contribution in [3.8, 4) is 0 Å².